The molecule has 0 aromatic rings. The molecule has 2 amide bonds. The van der Waals surface area contributed by atoms with Crippen molar-refractivity contribution in [2.24, 2.45) is 5.92 Å². The van der Waals surface area contributed by atoms with Crippen molar-refractivity contribution in [1.29, 1.82) is 0 Å². The van der Waals surface area contributed by atoms with Crippen molar-refractivity contribution in [1.82, 2.24) is 9.80 Å². The lowest BCUT2D eigenvalue weighted by Crippen LogP contribution is -2.46. The second-order valence-electron chi connectivity index (χ2n) is 5.36. The average Bonchev–Trinajstić information content (AvgIpc) is 2.85. The summed E-state index contributed by atoms with van der Waals surface area (Å²) in [7, 11) is 0. The molecule has 2 atom stereocenters. The minimum absolute atomic E-state index is 0.106. The summed E-state index contributed by atoms with van der Waals surface area (Å²) in [5.41, 5.74) is 0. The van der Waals surface area contributed by atoms with Crippen molar-refractivity contribution >= 4 is 12.0 Å². The van der Waals surface area contributed by atoms with E-state index in [1.165, 1.54) is 0 Å². The number of carbonyl (C=O) groups is 2. The highest BCUT2D eigenvalue weighted by Gasteiger charge is 2.30. The Morgan fingerprint density at radius 1 is 1.42 bits per heavy atom. The van der Waals surface area contributed by atoms with Crippen LogP contribution in [-0.2, 0) is 4.79 Å². The molecule has 1 rings (SSSR count). The van der Waals surface area contributed by atoms with E-state index in [-0.39, 0.29) is 18.5 Å². The zero-order valence-corrected chi connectivity index (χ0v) is 12.3. The molecule has 1 heterocycles. The number of rotatable bonds is 6. The fourth-order valence-corrected chi connectivity index (χ4v) is 2.61. The molecule has 0 aliphatic carbocycles. The number of nitrogens with zero attached hydrogens (tertiary/aromatic N) is 2. The first-order valence-corrected chi connectivity index (χ1v) is 7.26. The van der Waals surface area contributed by atoms with Crippen LogP contribution >= 0.6 is 0 Å². The highest BCUT2D eigenvalue weighted by atomic mass is 16.4. The van der Waals surface area contributed by atoms with Crippen LogP contribution in [0, 0.1) is 5.92 Å². The van der Waals surface area contributed by atoms with Crippen molar-refractivity contribution in [2.45, 2.75) is 52.5 Å². The van der Waals surface area contributed by atoms with E-state index >= 15 is 0 Å². The van der Waals surface area contributed by atoms with Crippen molar-refractivity contribution in [3.63, 3.8) is 0 Å². The largest absolute Gasteiger partial charge is 0.481 e. The summed E-state index contributed by atoms with van der Waals surface area (Å²) < 4.78 is 0. The highest BCUT2D eigenvalue weighted by Crippen LogP contribution is 2.22. The van der Waals surface area contributed by atoms with E-state index in [1.54, 1.807) is 0 Å². The van der Waals surface area contributed by atoms with Gasteiger partial charge >= 0.3 is 12.0 Å². The van der Waals surface area contributed by atoms with Crippen LogP contribution in [0.2, 0.25) is 0 Å². The van der Waals surface area contributed by atoms with Crippen molar-refractivity contribution in [2.75, 3.05) is 19.6 Å². The molecule has 5 nitrogen and oxygen atoms in total. The van der Waals surface area contributed by atoms with Crippen LogP contribution in [0.25, 0.3) is 0 Å². The Balaban J connectivity index is 2.48. The van der Waals surface area contributed by atoms with Gasteiger partial charge in [0.05, 0.1) is 0 Å². The molecule has 0 radical (unpaired) electrons. The first kappa shape index (κ1) is 15.8. The Morgan fingerprint density at radius 3 is 2.63 bits per heavy atom. The SMILES string of the molecule is CCC(C)N(CC)C(=O)N1CCC(CCC(=O)O)C1. The number of amides is 2. The number of carboxylic acid groups (broad SMARTS) is 1. The van der Waals surface area contributed by atoms with Crippen LogP contribution in [0.15, 0.2) is 0 Å². The lowest BCUT2D eigenvalue weighted by molar-refractivity contribution is -0.137. The number of carboxylic acids is 1. The molecular weight excluding hydrogens is 244 g/mol. The molecular formula is C14H26N2O3. The fraction of sp³-hybridized carbons (Fsp3) is 0.857. The lowest BCUT2D eigenvalue weighted by Gasteiger charge is -2.31. The van der Waals surface area contributed by atoms with E-state index in [2.05, 4.69) is 13.8 Å². The summed E-state index contributed by atoms with van der Waals surface area (Å²) in [6.07, 6.45) is 2.76. The number of hydrogen-bond donors (Lipinski definition) is 1. The summed E-state index contributed by atoms with van der Waals surface area (Å²) in [4.78, 5) is 26.7. The van der Waals surface area contributed by atoms with Gasteiger partial charge in [-0.15, -0.1) is 0 Å². The maximum Gasteiger partial charge on any atom is 0.320 e. The Kier molecular flexibility index (Phi) is 6.12. The van der Waals surface area contributed by atoms with Gasteiger partial charge in [-0.2, -0.15) is 0 Å². The third kappa shape index (κ3) is 4.40. The molecule has 0 aromatic carbocycles. The summed E-state index contributed by atoms with van der Waals surface area (Å²) in [5.74, 6) is -0.407. The minimum atomic E-state index is -0.750. The molecule has 5 heteroatoms. The van der Waals surface area contributed by atoms with Gasteiger partial charge in [0, 0.05) is 32.1 Å². The Hall–Kier alpha value is -1.26. The Labute approximate surface area is 115 Å². The van der Waals surface area contributed by atoms with Gasteiger partial charge in [-0.3, -0.25) is 4.79 Å². The molecule has 1 N–H and O–H groups in total. The lowest BCUT2D eigenvalue weighted by atomic mass is 10.0. The number of aliphatic carboxylic acids is 1. The fourth-order valence-electron chi connectivity index (χ4n) is 2.61. The molecule has 1 aliphatic heterocycles. The average molecular weight is 270 g/mol. The smallest absolute Gasteiger partial charge is 0.320 e. The molecule has 1 fully saturated rings. The van der Waals surface area contributed by atoms with Crippen LogP contribution in [0.1, 0.15) is 46.5 Å². The quantitative estimate of drug-likeness (QED) is 0.806. The van der Waals surface area contributed by atoms with Gasteiger partial charge in [0.1, 0.15) is 0 Å². The van der Waals surface area contributed by atoms with Crippen LogP contribution < -0.4 is 0 Å². The van der Waals surface area contributed by atoms with E-state index in [0.717, 1.165) is 25.9 Å². The normalized spacial score (nSPS) is 20.4. The number of likely N-dealkylation sites (tertiary alicyclic amines) is 1. The third-order valence-corrected chi connectivity index (χ3v) is 4.03. The van der Waals surface area contributed by atoms with Crippen LogP contribution in [0.4, 0.5) is 4.79 Å². The van der Waals surface area contributed by atoms with E-state index in [0.29, 0.717) is 18.9 Å². The zero-order chi connectivity index (χ0) is 14.4. The van der Waals surface area contributed by atoms with Gasteiger partial charge in [0.25, 0.3) is 0 Å². The van der Waals surface area contributed by atoms with E-state index < -0.39 is 5.97 Å². The summed E-state index contributed by atoms with van der Waals surface area (Å²) in [6.45, 7) is 8.35. The Morgan fingerprint density at radius 2 is 2.11 bits per heavy atom. The van der Waals surface area contributed by atoms with Gasteiger partial charge in [0.2, 0.25) is 0 Å². The van der Waals surface area contributed by atoms with Gasteiger partial charge < -0.3 is 14.9 Å². The summed E-state index contributed by atoms with van der Waals surface area (Å²) in [6, 6.07) is 0.366. The zero-order valence-electron chi connectivity index (χ0n) is 12.3. The number of carbonyl (C=O) groups excluding carboxylic acids is 1. The third-order valence-electron chi connectivity index (χ3n) is 4.03. The monoisotopic (exact) mass is 270 g/mol. The molecule has 0 bridgehead atoms. The highest BCUT2D eigenvalue weighted by molar-refractivity contribution is 5.75. The Bertz CT molecular complexity index is 320. The molecule has 1 saturated heterocycles. The number of urea groups is 1. The standard InChI is InChI=1S/C14H26N2O3/c1-4-11(3)16(5-2)14(19)15-9-8-12(10-15)6-7-13(17)18/h11-12H,4-10H2,1-3H3,(H,17,18). The molecule has 0 aromatic heterocycles. The van der Waals surface area contributed by atoms with Gasteiger partial charge in [-0.25, -0.2) is 4.79 Å². The molecule has 19 heavy (non-hydrogen) atoms. The topological polar surface area (TPSA) is 60.9 Å². The van der Waals surface area contributed by atoms with Crippen LogP contribution in [0.3, 0.4) is 0 Å². The number of hydrogen-bond acceptors (Lipinski definition) is 2. The van der Waals surface area contributed by atoms with Crippen molar-refractivity contribution in [3.8, 4) is 0 Å². The second kappa shape index (κ2) is 7.36. The van der Waals surface area contributed by atoms with Gasteiger partial charge in [-0.1, -0.05) is 6.92 Å². The predicted octanol–water partition coefficient (Wildman–Crippen LogP) is 2.41. The predicted molar refractivity (Wildman–Crippen MR) is 74.1 cm³/mol. The maximum atomic E-state index is 12.4. The van der Waals surface area contributed by atoms with Crippen molar-refractivity contribution < 1.29 is 14.7 Å². The molecule has 0 spiro atoms. The first-order chi connectivity index (χ1) is 8.99. The van der Waals surface area contributed by atoms with Crippen molar-refractivity contribution in [3.05, 3.63) is 0 Å². The second-order valence-corrected chi connectivity index (χ2v) is 5.36. The summed E-state index contributed by atoms with van der Waals surface area (Å²) in [5, 5.41) is 8.69. The molecule has 110 valence electrons. The molecule has 2 unspecified atom stereocenters. The molecule has 0 saturated carbocycles. The van der Waals surface area contributed by atoms with Crippen LogP contribution in [-0.4, -0.2) is 52.6 Å². The van der Waals surface area contributed by atoms with Gasteiger partial charge in [0.15, 0.2) is 0 Å². The van der Waals surface area contributed by atoms with E-state index in [1.807, 2.05) is 16.7 Å². The van der Waals surface area contributed by atoms with Crippen LogP contribution in [0.5, 0.6) is 0 Å². The first-order valence-electron chi connectivity index (χ1n) is 7.26. The van der Waals surface area contributed by atoms with E-state index in [4.69, 9.17) is 5.11 Å². The van der Waals surface area contributed by atoms with E-state index in [9.17, 15) is 9.59 Å². The summed E-state index contributed by atoms with van der Waals surface area (Å²) >= 11 is 0. The van der Waals surface area contributed by atoms with Gasteiger partial charge in [-0.05, 0) is 39.0 Å². The molecule has 1 aliphatic rings. The maximum absolute atomic E-state index is 12.4. The minimum Gasteiger partial charge on any atom is -0.481 e.